The Morgan fingerprint density at radius 1 is 0.964 bits per heavy atom. The van der Waals surface area contributed by atoms with Crippen molar-refractivity contribution in [2.75, 3.05) is 26.2 Å². The smallest absolute Gasteiger partial charge is 0.253 e. The second-order valence-electron chi connectivity index (χ2n) is 8.10. The lowest BCUT2D eigenvalue weighted by Gasteiger charge is -2.39. The van der Waals surface area contributed by atoms with Crippen LogP contribution in [-0.2, 0) is 9.59 Å². The zero-order valence-corrected chi connectivity index (χ0v) is 16.7. The van der Waals surface area contributed by atoms with E-state index < -0.39 is 0 Å². The van der Waals surface area contributed by atoms with Gasteiger partial charge in [-0.15, -0.1) is 0 Å². The molecule has 2 heterocycles. The van der Waals surface area contributed by atoms with Gasteiger partial charge in [0.1, 0.15) is 0 Å². The average molecular weight is 386 g/mol. The Bertz CT molecular complexity index is 698. The Hall–Kier alpha value is -2.37. The minimum atomic E-state index is -0.256. The molecular formula is C22H31N3O3. The summed E-state index contributed by atoms with van der Waals surface area (Å²) >= 11 is 0. The van der Waals surface area contributed by atoms with Crippen LogP contribution in [0.5, 0.6) is 0 Å². The Morgan fingerprint density at radius 2 is 1.61 bits per heavy atom. The van der Waals surface area contributed by atoms with Crippen molar-refractivity contribution in [2.24, 2.45) is 23.5 Å². The molecule has 152 valence electrons. The molecule has 2 unspecified atom stereocenters. The van der Waals surface area contributed by atoms with Crippen LogP contribution in [0.4, 0.5) is 0 Å². The molecule has 28 heavy (non-hydrogen) atoms. The normalized spacial score (nSPS) is 23.5. The predicted octanol–water partition coefficient (Wildman–Crippen LogP) is 2.29. The van der Waals surface area contributed by atoms with E-state index in [1.807, 2.05) is 40.1 Å². The third kappa shape index (κ3) is 4.72. The molecule has 3 amide bonds. The topological polar surface area (TPSA) is 83.7 Å². The van der Waals surface area contributed by atoms with Crippen LogP contribution in [0, 0.1) is 17.8 Å². The van der Waals surface area contributed by atoms with Crippen molar-refractivity contribution in [3.8, 4) is 0 Å². The second kappa shape index (κ2) is 9.22. The van der Waals surface area contributed by atoms with E-state index >= 15 is 0 Å². The fraction of sp³-hybridized carbons (Fsp3) is 0.591. The van der Waals surface area contributed by atoms with Gasteiger partial charge in [-0.25, -0.2) is 0 Å². The fourth-order valence-corrected chi connectivity index (χ4v) is 4.53. The summed E-state index contributed by atoms with van der Waals surface area (Å²) in [5.74, 6) is 0.555. The number of hydrogen-bond donors (Lipinski definition) is 1. The van der Waals surface area contributed by atoms with Crippen LogP contribution in [0.25, 0.3) is 0 Å². The van der Waals surface area contributed by atoms with E-state index in [9.17, 15) is 14.4 Å². The summed E-state index contributed by atoms with van der Waals surface area (Å²) in [6, 6.07) is 9.40. The van der Waals surface area contributed by atoms with Gasteiger partial charge in [-0.05, 0) is 43.2 Å². The third-order valence-corrected chi connectivity index (χ3v) is 6.41. The molecule has 2 saturated heterocycles. The quantitative estimate of drug-likeness (QED) is 0.844. The summed E-state index contributed by atoms with van der Waals surface area (Å²) in [7, 11) is 0. The lowest BCUT2D eigenvalue weighted by Crippen LogP contribution is -2.46. The number of rotatable bonds is 5. The van der Waals surface area contributed by atoms with E-state index in [1.165, 1.54) is 0 Å². The summed E-state index contributed by atoms with van der Waals surface area (Å²) in [5, 5.41) is 0. The zero-order valence-electron chi connectivity index (χ0n) is 16.7. The zero-order chi connectivity index (χ0) is 20.1. The molecule has 0 aromatic heterocycles. The highest BCUT2D eigenvalue weighted by Gasteiger charge is 2.34. The van der Waals surface area contributed by atoms with Crippen LogP contribution in [-0.4, -0.2) is 53.7 Å². The summed E-state index contributed by atoms with van der Waals surface area (Å²) in [5.41, 5.74) is 6.11. The minimum absolute atomic E-state index is 0.0809. The largest absolute Gasteiger partial charge is 0.369 e. The first kappa shape index (κ1) is 20.4. The monoisotopic (exact) mass is 385 g/mol. The first-order chi connectivity index (χ1) is 13.5. The molecule has 2 aliphatic heterocycles. The summed E-state index contributed by atoms with van der Waals surface area (Å²) < 4.78 is 0. The number of primary amides is 1. The molecule has 0 radical (unpaired) electrons. The molecule has 0 spiro atoms. The van der Waals surface area contributed by atoms with Gasteiger partial charge in [0.05, 0.1) is 0 Å². The number of piperidine rings is 2. The molecule has 6 nitrogen and oxygen atoms in total. The van der Waals surface area contributed by atoms with E-state index in [-0.39, 0.29) is 23.6 Å². The molecular weight excluding hydrogens is 354 g/mol. The highest BCUT2D eigenvalue weighted by atomic mass is 16.2. The van der Waals surface area contributed by atoms with Crippen molar-refractivity contribution in [1.82, 2.24) is 9.80 Å². The van der Waals surface area contributed by atoms with Gasteiger partial charge in [-0.2, -0.15) is 0 Å². The number of carbonyl (C=O) groups excluding carboxylic acids is 3. The molecule has 2 N–H and O–H groups in total. The Labute approximate surface area is 167 Å². The van der Waals surface area contributed by atoms with Crippen molar-refractivity contribution >= 4 is 17.7 Å². The van der Waals surface area contributed by atoms with Crippen LogP contribution in [0.3, 0.4) is 0 Å². The first-order valence-electron chi connectivity index (χ1n) is 10.4. The molecule has 1 aromatic carbocycles. The molecule has 0 bridgehead atoms. The highest BCUT2D eigenvalue weighted by Crippen LogP contribution is 2.31. The fourth-order valence-electron chi connectivity index (χ4n) is 4.53. The lowest BCUT2D eigenvalue weighted by atomic mass is 9.81. The Kier molecular flexibility index (Phi) is 6.70. The maximum atomic E-state index is 12.8. The first-order valence-corrected chi connectivity index (χ1v) is 10.4. The number of carbonyl (C=O) groups is 3. The van der Waals surface area contributed by atoms with Crippen molar-refractivity contribution in [1.29, 1.82) is 0 Å². The van der Waals surface area contributed by atoms with Crippen molar-refractivity contribution in [3.63, 3.8) is 0 Å². The van der Waals surface area contributed by atoms with E-state index in [0.717, 1.165) is 18.4 Å². The molecule has 6 heteroatoms. The summed E-state index contributed by atoms with van der Waals surface area (Å²) in [6.07, 6.45) is 3.69. The Morgan fingerprint density at radius 3 is 2.21 bits per heavy atom. The number of likely N-dealkylation sites (tertiary alicyclic amines) is 2. The second-order valence-corrected chi connectivity index (χ2v) is 8.10. The van der Waals surface area contributed by atoms with Crippen molar-refractivity contribution < 1.29 is 14.4 Å². The van der Waals surface area contributed by atoms with Gasteiger partial charge in [-0.3, -0.25) is 14.4 Å². The van der Waals surface area contributed by atoms with Crippen molar-refractivity contribution in [2.45, 2.75) is 39.0 Å². The number of benzene rings is 1. The van der Waals surface area contributed by atoms with Gasteiger partial charge < -0.3 is 15.5 Å². The Balaban J connectivity index is 1.54. The van der Waals surface area contributed by atoms with Crippen LogP contribution in [0.15, 0.2) is 30.3 Å². The van der Waals surface area contributed by atoms with Gasteiger partial charge in [0.25, 0.3) is 5.91 Å². The van der Waals surface area contributed by atoms with Crippen LogP contribution in [0.2, 0.25) is 0 Å². The standard InChI is InChI=1S/C22H31N3O3/c1-2-16-15-25(22(28)18-6-4-3-5-7-18)13-10-19(16)14-20(26)24-11-8-17(9-12-24)21(23)27/h3-7,16-17,19H,2,8-15H2,1H3,(H2,23,27). The number of hydrogen-bond acceptors (Lipinski definition) is 3. The van der Waals surface area contributed by atoms with Crippen molar-refractivity contribution in [3.05, 3.63) is 35.9 Å². The van der Waals surface area contributed by atoms with Crippen LogP contribution >= 0.6 is 0 Å². The molecule has 0 aliphatic carbocycles. The van der Waals surface area contributed by atoms with Gasteiger partial charge in [0.15, 0.2) is 0 Å². The van der Waals surface area contributed by atoms with E-state index in [0.29, 0.717) is 57.3 Å². The van der Waals surface area contributed by atoms with Gasteiger partial charge in [0.2, 0.25) is 11.8 Å². The number of nitrogens with zero attached hydrogens (tertiary/aromatic N) is 2. The number of nitrogens with two attached hydrogens (primary N) is 1. The molecule has 1 aromatic rings. The van der Waals surface area contributed by atoms with E-state index in [1.54, 1.807) is 0 Å². The van der Waals surface area contributed by atoms with Gasteiger partial charge in [-0.1, -0.05) is 31.5 Å². The highest BCUT2D eigenvalue weighted by molar-refractivity contribution is 5.94. The maximum absolute atomic E-state index is 12.8. The van der Waals surface area contributed by atoms with E-state index in [2.05, 4.69) is 6.92 Å². The maximum Gasteiger partial charge on any atom is 0.253 e. The van der Waals surface area contributed by atoms with Crippen LogP contribution < -0.4 is 5.73 Å². The summed E-state index contributed by atoms with van der Waals surface area (Å²) in [4.78, 5) is 40.6. The molecule has 2 aliphatic rings. The average Bonchev–Trinajstić information content (AvgIpc) is 2.74. The molecule has 2 fully saturated rings. The lowest BCUT2D eigenvalue weighted by molar-refractivity contribution is -0.136. The third-order valence-electron chi connectivity index (χ3n) is 6.41. The van der Waals surface area contributed by atoms with Gasteiger partial charge in [0, 0.05) is 44.1 Å². The van der Waals surface area contributed by atoms with Gasteiger partial charge >= 0.3 is 0 Å². The molecule has 2 atom stereocenters. The SMILES string of the molecule is CCC1CN(C(=O)c2ccccc2)CCC1CC(=O)N1CCC(C(N)=O)CC1. The molecule has 3 rings (SSSR count). The minimum Gasteiger partial charge on any atom is -0.369 e. The predicted molar refractivity (Wildman–Crippen MR) is 107 cm³/mol. The molecule has 0 saturated carbocycles. The van der Waals surface area contributed by atoms with E-state index in [4.69, 9.17) is 5.73 Å². The summed E-state index contributed by atoms with van der Waals surface area (Å²) in [6.45, 7) is 4.79. The van der Waals surface area contributed by atoms with Crippen LogP contribution in [0.1, 0.15) is 49.4 Å². The number of amides is 3.